The predicted molar refractivity (Wildman–Crippen MR) is 88.2 cm³/mol. The van der Waals surface area contributed by atoms with E-state index in [1.54, 1.807) is 7.11 Å². The van der Waals surface area contributed by atoms with Crippen molar-refractivity contribution in [3.05, 3.63) is 60.9 Å². The number of hydrogen-bond acceptors (Lipinski definition) is 5. The third-order valence-electron chi connectivity index (χ3n) is 3.24. The summed E-state index contributed by atoms with van der Waals surface area (Å²) < 4.78 is 5.15. The van der Waals surface area contributed by atoms with Gasteiger partial charge in [-0.1, -0.05) is 30.3 Å². The van der Waals surface area contributed by atoms with Gasteiger partial charge in [-0.05, 0) is 18.2 Å². The highest BCUT2D eigenvalue weighted by atomic mass is 16.5. The summed E-state index contributed by atoms with van der Waals surface area (Å²) in [6.07, 6.45) is 1.54. The van der Waals surface area contributed by atoms with Gasteiger partial charge in [0.25, 0.3) is 0 Å². The summed E-state index contributed by atoms with van der Waals surface area (Å²) in [5.41, 5.74) is 9.23. The number of aromatic nitrogens is 2. The molecule has 1 aromatic heterocycles. The second-order valence-electron chi connectivity index (χ2n) is 4.74. The standard InChI is InChI=1S/C17H16N4O/c1-22-16-8-7-13(9-14(16)18)21-17-10-15(19-11-20-17)12-5-3-2-4-6-12/h2-11H,18H2,1H3,(H,19,20,21). The van der Waals surface area contributed by atoms with Crippen molar-refractivity contribution in [2.24, 2.45) is 0 Å². The molecule has 0 bridgehead atoms. The van der Waals surface area contributed by atoms with E-state index in [4.69, 9.17) is 10.5 Å². The molecule has 1 heterocycles. The first-order valence-corrected chi connectivity index (χ1v) is 6.84. The van der Waals surface area contributed by atoms with Gasteiger partial charge in [0.2, 0.25) is 0 Å². The minimum Gasteiger partial charge on any atom is -0.495 e. The summed E-state index contributed by atoms with van der Waals surface area (Å²) in [7, 11) is 1.59. The molecule has 0 saturated heterocycles. The Morgan fingerprint density at radius 1 is 1.00 bits per heavy atom. The molecule has 0 aliphatic rings. The summed E-state index contributed by atoms with van der Waals surface area (Å²) in [6.45, 7) is 0. The van der Waals surface area contributed by atoms with E-state index in [0.29, 0.717) is 17.3 Å². The van der Waals surface area contributed by atoms with Crippen molar-refractivity contribution in [1.82, 2.24) is 9.97 Å². The Bertz CT molecular complexity index is 775. The Morgan fingerprint density at radius 3 is 2.55 bits per heavy atom. The van der Waals surface area contributed by atoms with E-state index in [9.17, 15) is 0 Å². The van der Waals surface area contributed by atoms with Gasteiger partial charge in [-0.3, -0.25) is 0 Å². The molecule has 3 rings (SSSR count). The zero-order valence-electron chi connectivity index (χ0n) is 12.2. The van der Waals surface area contributed by atoms with Crippen LogP contribution in [0.25, 0.3) is 11.3 Å². The van der Waals surface area contributed by atoms with Crippen molar-refractivity contribution in [3.8, 4) is 17.0 Å². The Labute approximate surface area is 128 Å². The lowest BCUT2D eigenvalue weighted by atomic mass is 10.1. The molecule has 0 fully saturated rings. The van der Waals surface area contributed by atoms with Gasteiger partial charge >= 0.3 is 0 Å². The number of benzene rings is 2. The second-order valence-corrected chi connectivity index (χ2v) is 4.74. The number of nitrogens with one attached hydrogen (secondary N) is 1. The molecule has 0 spiro atoms. The van der Waals surface area contributed by atoms with Crippen LogP contribution in [0.1, 0.15) is 0 Å². The van der Waals surface area contributed by atoms with E-state index >= 15 is 0 Å². The Hall–Kier alpha value is -3.08. The quantitative estimate of drug-likeness (QED) is 0.720. The summed E-state index contributed by atoms with van der Waals surface area (Å²) in [6, 6.07) is 17.4. The van der Waals surface area contributed by atoms with Crippen LogP contribution in [0.15, 0.2) is 60.9 Å². The highest BCUT2D eigenvalue weighted by Crippen LogP contribution is 2.27. The average Bonchev–Trinajstić information content (AvgIpc) is 2.56. The van der Waals surface area contributed by atoms with Gasteiger partial charge in [-0.25, -0.2) is 9.97 Å². The number of nitrogens with zero attached hydrogens (tertiary/aromatic N) is 2. The summed E-state index contributed by atoms with van der Waals surface area (Å²) >= 11 is 0. The van der Waals surface area contributed by atoms with E-state index in [1.165, 1.54) is 6.33 Å². The van der Waals surface area contributed by atoms with Crippen LogP contribution < -0.4 is 15.8 Å². The first-order chi connectivity index (χ1) is 10.8. The zero-order valence-corrected chi connectivity index (χ0v) is 12.2. The van der Waals surface area contributed by atoms with Crippen molar-refractivity contribution >= 4 is 17.2 Å². The maximum absolute atomic E-state index is 5.91. The number of ether oxygens (including phenoxy) is 1. The molecular formula is C17H16N4O. The van der Waals surface area contributed by atoms with E-state index in [2.05, 4.69) is 15.3 Å². The van der Waals surface area contributed by atoms with Gasteiger partial charge in [0.05, 0.1) is 18.5 Å². The van der Waals surface area contributed by atoms with Crippen LogP contribution in [-0.4, -0.2) is 17.1 Å². The first kappa shape index (κ1) is 13.9. The molecule has 0 unspecified atom stereocenters. The molecule has 0 atom stereocenters. The van der Waals surface area contributed by atoms with Crippen LogP contribution in [0.2, 0.25) is 0 Å². The fourth-order valence-electron chi connectivity index (χ4n) is 2.15. The highest BCUT2D eigenvalue weighted by molar-refractivity contribution is 5.68. The van der Waals surface area contributed by atoms with Crippen molar-refractivity contribution < 1.29 is 4.74 Å². The smallest absolute Gasteiger partial charge is 0.141 e. The predicted octanol–water partition coefficient (Wildman–Crippen LogP) is 3.48. The number of methoxy groups -OCH3 is 1. The van der Waals surface area contributed by atoms with Gasteiger partial charge in [0, 0.05) is 17.3 Å². The average molecular weight is 292 g/mol. The maximum Gasteiger partial charge on any atom is 0.141 e. The third kappa shape index (κ3) is 2.98. The first-order valence-electron chi connectivity index (χ1n) is 6.84. The highest BCUT2D eigenvalue weighted by Gasteiger charge is 2.04. The molecule has 2 aromatic carbocycles. The summed E-state index contributed by atoms with van der Waals surface area (Å²) in [4.78, 5) is 8.54. The zero-order chi connectivity index (χ0) is 15.4. The van der Waals surface area contributed by atoms with E-state index in [1.807, 2.05) is 54.6 Å². The van der Waals surface area contributed by atoms with Crippen LogP contribution in [0.4, 0.5) is 17.2 Å². The van der Waals surface area contributed by atoms with Gasteiger partial charge in [0.1, 0.15) is 17.9 Å². The topological polar surface area (TPSA) is 73.1 Å². The fourth-order valence-corrected chi connectivity index (χ4v) is 2.15. The van der Waals surface area contributed by atoms with Crippen molar-refractivity contribution in [3.63, 3.8) is 0 Å². The lowest BCUT2D eigenvalue weighted by Crippen LogP contribution is -1.98. The van der Waals surface area contributed by atoms with Gasteiger partial charge < -0.3 is 15.8 Å². The van der Waals surface area contributed by atoms with Crippen LogP contribution in [0.3, 0.4) is 0 Å². The lowest BCUT2D eigenvalue weighted by molar-refractivity contribution is 0.417. The molecule has 0 aliphatic heterocycles. The number of nitrogens with two attached hydrogens (primary N) is 1. The van der Waals surface area contributed by atoms with Crippen LogP contribution >= 0.6 is 0 Å². The second kappa shape index (κ2) is 6.13. The van der Waals surface area contributed by atoms with Crippen molar-refractivity contribution in [2.75, 3.05) is 18.2 Å². The lowest BCUT2D eigenvalue weighted by Gasteiger charge is -2.10. The molecule has 5 heteroatoms. The molecule has 22 heavy (non-hydrogen) atoms. The minimum absolute atomic E-state index is 0.574. The van der Waals surface area contributed by atoms with Crippen LogP contribution in [-0.2, 0) is 0 Å². The molecule has 0 radical (unpaired) electrons. The molecule has 0 saturated carbocycles. The molecule has 0 amide bonds. The third-order valence-corrected chi connectivity index (χ3v) is 3.24. The summed E-state index contributed by atoms with van der Waals surface area (Å²) in [5, 5.41) is 3.22. The molecule has 5 nitrogen and oxygen atoms in total. The van der Waals surface area contributed by atoms with Crippen molar-refractivity contribution in [2.45, 2.75) is 0 Å². The molecule has 3 aromatic rings. The van der Waals surface area contributed by atoms with Crippen molar-refractivity contribution in [1.29, 1.82) is 0 Å². The van der Waals surface area contributed by atoms with Crippen LogP contribution in [0.5, 0.6) is 5.75 Å². The number of anilines is 3. The van der Waals surface area contributed by atoms with Gasteiger partial charge in [-0.2, -0.15) is 0 Å². The number of nitrogen functional groups attached to an aromatic ring is 1. The Morgan fingerprint density at radius 2 is 1.82 bits per heavy atom. The van der Waals surface area contributed by atoms with Crippen LogP contribution in [0, 0.1) is 0 Å². The minimum atomic E-state index is 0.574. The Balaban J connectivity index is 1.86. The SMILES string of the molecule is COc1ccc(Nc2cc(-c3ccccc3)ncn2)cc1N. The largest absolute Gasteiger partial charge is 0.495 e. The molecule has 110 valence electrons. The number of hydrogen-bond donors (Lipinski definition) is 2. The van der Waals surface area contributed by atoms with E-state index < -0.39 is 0 Å². The van der Waals surface area contributed by atoms with E-state index in [-0.39, 0.29) is 0 Å². The molecule has 3 N–H and O–H groups in total. The number of rotatable bonds is 4. The van der Waals surface area contributed by atoms with E-state index in [0.717, 1.165) is 16.9 Å². The Kier molecular flexibility index (Phi) is 3.87. The fraction of sp³-hybridized carbons (Fsp3) is 0.0588. The molecule has 0 aliphatic carbocycles. The monoisotopic (exact) mass is 292 g/mol. The normalized spacial score (nSPS) is 10.2. The summed E-state index contributed by atoms with van der Waals surface area (Å²) in [5.74, 6) is 1.36. The maximum atomic E-state index is 5.91. The molecular weight excluding hydrogens is 276 g/mol. The van der Waals surface area contributed by atoms with Gasteiger partial charge in [0.15, 0.2) is 0 Å². The van der Waals surface area contributed by atoms with Gasteiger partial charge in [-0.15, -0.1) is 0 Å².